The number of rotatable bonds is 4. The number of aliphatic hydroxyl groups is 1. The lowest BCUT2D eigenvalue weighted by Crippen LogP contribution is -2.46. The van der Waals surface area contributed by atoms with E-state index in [0.29, 0.717) is 15.8 Å². The van der Waals surface area contributed by atoms with Gasteiger partial charge in [-0.25, -0.2) is 0 Å². The van der Waals surface area contributed by atoms with Gasteiger partial charge in [-0.05, 0) is 25.0 Å². The van der Waals surface area contributed by atoms with E-state index in [1.54, 1.807) is 18.2 Å². The van der Waals surface area contributed by atoms with Gasteiger partial charge in [-0.15, -0.1) is 0 Å². The maximum atomic E-state index is 11.8. The second-order valence-corrected chi connectivity index (χ2v) is 5.73. The summed E-state index contributed by atoms with van der Waals surface area (Å²) in [6, 6.07) is 4.64. The Bertz CT molecular complexity index is 481. The van der Waals surface area contributed by atoms with Crippen LogP contribution in [0.2, 0.25) is 10.0 Å². The third-order valence-electron chi connectivity index (χ3n) is 3.33. The predicted molar refractivity (Wildman–Crippen MR) is 78.4 cm³/mol. The molecular formula is C14H17Cl2NO3. The number of benzene rings is 1. The third-order valence-corrected chi connectivity index (χ3v) is 3.88. The second-order valence-electron chi connectivity index (χ2n) is 4.89. The molecule has 1 fully saturated rings. The zero-order chi connectivity index (χ0) is 14.5. The number of ether oxygens (including phenoxy) is 1. The molecule has 1 aromatic carbocycles. The van der Waals surface area contributed by atoms with Crippen LogP contribution < -0.4 is 10.1 Å². The largest absolute Gasteiger partial charge is 0.482 e. The monoisotopic (exact) mass is 317 g/mol. The summed E-state index contributed by atoms with van der Waals surface area (Å²) < 4.78 is 5.35. The number of amides is 1. The lowest BCUT2D eigenvalue weighted by atomic mass is 9.92. The molecule has 1 aliphatic rings. The minimum atomic E-state index is -0.470. The average Bonchev–Trinajstić information content (AvgIpc) is 2.42. The number of aliphatic hydroxyl groups excluding tert-OH is 1. The fourth-order valence-corrected chi connectivity index (χ4v) is 2.59. The average molecular weight is 318 g/mol. The minimum absolute atomic E-state index is 0.150. The normalized spacial score (nSPS) is 22.4. The predicted octanol–water partition coefficient (Wildman–Crippen LogP) is 2.79. The molecule has 2 atom stereocenters. The summed E-state index contributed by atoms with van der Waals surface area (Å²) in [6.45, 7) is -0.150. The molecule has 0 heterocycles. The minimum Gasteiger partial charge on any atom is -0.482 e. The Balaban J connectivity index is 1.84. The van der Waals surface area contributed by atoms with Crippen LogP contribution in [0.5, 0.6) is 5.75 Å². The molecule has 0 saturated heterocycles. The quantitative estimate of drug-likeness (QED) is 0.897. The first-order valence-corrected chi connectivity index (χ1v) is 7.37. The molecule has 1 aromatic rings. The van der Waals surface area contributed by atoms with Crippen LogP contribution in [-0.4, -0.2) is 29.8 Å². The van der Waals surface area contributed by atoms with Crippen LogP contribution in [0.3, 0.4) is 0 Å². The van der Waals surface area contributed by atoms with Gasteiger partial charge >= 0.3 is 0 Å². The van der Waals surface area contributed by atoms with Gasteiger partial charge in [-0.3, -0.25) is 4.79 Å². The van der Waals surface area contributed by atoms with E-state index in [-0.39, 0.29) is 18.6 Å². The van der Waals surface area contributed by atoms with Crippen molar-refractivity contribution >= 4 is 29.1 Å². The van der Waals surface area contributed by atoms with Crippen LogP contribution in [0.15, 0.2) is 18.2 Å². The van der Waals surface area contributed by atoms with Crippen molar-refractivity contribution in [2.45, 2.75) is 37.8 Å². The molecule has 1 saturated carbocycles. The van der Waals surface area contributed by atoms with E-state index in [0.717, 1.165) is 25.7 Å². The molecule has 0 bridgehead atoms. The third kappa shape index (κ3) is 4.27. The lowest BCUT2D eigenvalue weighted by Gasteiger charge is -2.28. The Morgan fingerprint density at radius 2 is 2.10 bits per heavy atom. The molecule has 110 valence electrons. The highest BCUT2D eigenvalue weighted by Gasteiger charge is 2.24. The summed E-state index contributed by atoms with van der Waals surface area (Å²) in [6.07, 6.45) is 3.07. The van der Waals surface area contributed by atoms with Gasteiger partial charge in [-0.1, -0.05) is 36.0 Å². The summed E-state index contributed by atoms with van der Waals surface area (Å²) in [5.74, 6) is 0.102. The maximum absolute atomic E-state index is 11.8. The molecule has 20 heavy (non-hydrogen) atoms. The number of hydrogen-bond donors (Lipinski definition) is 2. The van der Waals surface area contributed by atoms with Crippen LogP contribution >= 0.6 is 23.2 Å². The summed E-state index contributed by atoms with van der Waals surface area (Å²) in [5.41, 5.74) is 0. The molecule has 1 amide bonds. The summed E-state index contributed by atoms with van der Waals surface area (Å²) >= 11 is 11.8. The standard InChI is InChI=1S/C14H17Cl2NO3/c15-9-5-6-10(16)13(7-9)20-8-14(19)17-11-3-1-2-4-12(11)18/h5-7,11-12,18H,1-4,8H2,(H,17,19)/t11-,12-/m1/s1. The van der Waals surface area contributed by atoms with Gasteiger partial charge in [0.05, 0.1) is 17.2 Å². The van der Waals surface area contributed by atoms with Crippen molar-refractivity contribution in [3.8, 4) is 5.75 Å². The first-order chi connectivity index (χ1) is 9.56. The van der Waals surface area contributed by atoms with Gasteiger partial charge in [0.2, 0.25) is 0 Å². The van der Waals surface area contributed by atoms with Gasteiger partial charge in [-0.2, -0.15) is 0 Å². The summed E-state index contributed by atoms with van der Waals surface area (Å²) in [5, 5.41) is 13.5. The van der Waals surface area contributed by atoms with Gasteiger partial charge in [0.1, 0.15) is 5.75 Å². The van der Waals surface area contributed by atoms with E-state index in [1.165, 1.54) is 0 Å². The fourth-order valence-electron chi connectivity index (χ4n) is 2.26. The Hall–Kier alpha value is -0.970. The van der Waals surface area contributed by atoms with E-state index >= 15 is 0 Å². The second kappa shape index (κ2) is 7.16. The first-order valence-electron chi connectivity index (χ1n) is 6.61. The number of halogens is 2. The molecule has 0 aromatic heterocycles. The van der Waals surface area contributed by atoms with E-state index in [2.05, 4.69) is 5.32 Å². The van der Waals surface area contributed by atoms with E-state index in [9.17, 15) is 9.90 Å². The van der Waals surface area contributed by atoms with Crippen molar-refractivity contribution in [1.82, 2.24) is 5.32 Å². The Kier molecular flexibility index (Phi) is 5.52. The fraction of sp³-hybridized carbons (Fsp3) is 0.500. The molecule has 0 unspecified atom stereocenters. The highest BCUT2D eigenvalue weighted by molar-refractivity contribution is 6.34. The highest BCUT2D eigenvalue weighted by Crippen LogP contribution is 2.27. The van der Waals surface area contributed by atoms with Crippen molar-refractivity contribution < 1.29 is 14.6 Å². The van der Waals surface area contributed by atoms with E-state index in [4.69, 9.17) is 27.9 Å². The molecule has 6 heteroatoms. The number of nitrogens with one attached hydrogen (secondary N) is 1. The van der Waals surface area contributed by atoms with Crippen molar-refractivity contribution in [1.29, 1.82) is 0 Å². The van der Waals surface area contributed by atoms with Crippen LogP contribution in [0.1, 0.15) is 25.7 Å². The van der Waals surface area contributed by atoms with Gasteiger partial charge in [0.25, 0.3) is 5.91 Å². The molecule has 0 aliphatic heterocycles. The maximum Gasteiger partial charge on any atom is 0.258 e. The summed E-state index contributed by atoms with van der Waals surface area (Å²) in [7, 11) is 0. The first kappa shape index (κ1) is 15.4. The number of carbonyl (C=O) groups excluding carboxylic acids is 1. The van der Waals surface area contributed by atoms with Crippen molar-refractivity contribution in [3.05, 3.63) is 28.2 Å². The van der Waals surface area contributed by atoms with Crippen molar-refractivity contribution in [2.75, 3.05) is 6.61 Å². The van der Waals surface area contributed by atoms with Crippen molar-refractivity contribution in [3.63, 3.8) is 0 Å². The van der Waals surface area contributed by atoms with Gasteiger partial charge < -0.3 is 15.2 Å². The Morgan fingerprint density at radius 3 is 2.85 bits per heavy atom. The van der Waals surface area contributed by atoms with Gasteiger partial charge in [0.15, 0.2) is 6.61 Å². The zero-order valence-electron chi connectivity index (χ0n) is 10.9. The molecule has 4 nitrogen and oxygen atoms in total. The van der Waals surface area contributed by atoms with Crippen LogP contribution in [0.25, 0.3) is 0 Å². The Labute approximate surface area is 128 Å². The lowest BCUT2D eigenvalue weighted by molar-refractivity contribution is -0.125. The molecule has 2 N–H and O–H groups in total. The number of carbonyl (C=O) groups is 1. The van der Waals surface area contributed by atoms with Crippen LogP contribution in [0, 0.1) is 0 Å². The molecule has 2 rings (SSSR count). The smallest absolute Gasteiger partial charge is 0.258 e. The molecule has 0 radical (unpaired) electrons. The van der Waals surface area contributed by atoms with Crippen LogP contribution in [0.4, 0.5) is 0 Å². The highest BCUT2D eigenvalue weighted by atomic mass is 35.5. The molecular weight excluding hydrogens is 301 g/mol. The topological polar surface area (TPSA) is 58.6 Å². The van der Waals surface area contributed by atoms with E-state index in [1.807, 2.05) is 0 Å². The van der Waals surface area contributed by atoms with Gasteiger partial charge in [0, 0.05) is 11.1 Å². The molecule has 1 aliphatic carbocycles. The van der Waals surface area contributed by atoms with E-state index < -0.39 is 6.10 Å². The number of hydrogen-bond acceptors (Lipinski definition) is 3. The van der Waals surface area contributed by atoms with Crippen molar-refractivity contribution in [2.24, 2.45) is 0 Å². The Morgan fingerprint density at radius 1 is 1.35 bits per heavy atom. The molecule has 0 spiro atoms. The summed E-state index contributed by atoms with van der Waals surface area (Å²) in [4.78, 5) is 11.8. The SMILES string of the molecule is O=C(COc1cc(Cl)ccc1Cl)N[C@@H]1CCCC[C@H]1O. The zero-order valence-corrected chi connectivity index (χ0v) is 12.5. The van der Waals surface area contributed by atoms with Crippen LogP contribution in [-0.2, 0) is 4.79 Å².